The summed E-state index contributed by atoms with van der Waals surface area (Å²) in [7, 11) is 1.85. The summed E-state index contributed by atoms with van der Waals surface area (Å²) < 4.78 is 0. The first kappa shape index (κ1) is 13.2. The molecule has 2 heterocycles. The van der Waals surface area contributed by atoms with E-state index in [1.54, 1.807) is 6.20 Å². The molecule has 0 aliphatic heterocycles. The average molecular weight is 258 g/mol. The molecule has 2 aromatic rings. The van der Waals surface area contributed by atoms with Gasteiger partial charge in [0, 0.05) is 25.7 Å². The predicted molar refractivity (Wildman–Crippen MR) is 74.9 cm³/mol. The van der Waals surface area contributed by atoms with E-state index in [4.69, 9.17) is 0 Å². The number of hydrogen-bond donors (Lipinski definition) is 2. The Hall–Kier alpha value is -2.24. The van der Waals surface area contributed by atoms with Gasteiger partial charge < -0.3 is 10.6 Å². The van der Waals surface area contributed by atoms with Gasteiger partial charge in [-0.1, -0.05) is 6.92 Å². The number of hydrogen-bond acceptors (Lipinski definition) is 6. The molecule has 0 unspecified atom stereocenters. The molecule has 6 heteroatoms. The average Bonchev–Trinajstić information content (AvgIpc) is 2.46. The third kappa shape index (κ3) is 3.87. The SMILES string of the molecule is CCCc1nc(NC)cc(NCc2cccnn2)n1. The van der Waals surface area contributed by atoms with Crippen molar-refractivity contribution in [2.45, 2.75) is 26.3 Å². The molecule has 0 saturated carbocycles. The lowest BCUT2D eigenvalue weighted by molar-refractivity contribution is 0.833. The number of nitrogens with one attached hydrogen (secondary N) is 2. The van der Waals surface area contributed by atoms with Crippen LogP contribution in [0, 0.1) is 0 Å². The molecule has 0 aliphatic carbocycles. The fourth-order valence-electron chi connectivity index (χ4n) is 1.66. The van der Waals surface area contributed by atoms with Crippen LogP contribution in [0.25, 0.3) is 0 Å². The van der Waals surface area contributed by atoms with Gasteiger partial charge in [-0.25, -0.2) is 9.97 Å². The van der Waals surface area contributed by atoms with E-state index >= 15 is 0 Å². The number of anilines is 2. The van der Waals surface area contributed by atoms with Gasteiger partial charge in [-0.3, -0.25) is 0 Å². The molecule has 0 saturated heterocycles. The Balaban J connectivity index is 2.08. The van der Waals surface area contributed by atoms with E-state index in [1.165, 1.54) is 0 Å². The fraction of sp³-hybridized carbons (Fsp3) is 0.385. The van der Waals surface area contributed by atoms with Gasteiger partial charge in [0.05, 0.1) is 12.2 Å². The standard InChI is InChI=1S/C13H18N6/c1-3-5-11-17-12(14-2)8-13(18-11)15-9-10-6-4-7-16-19-10/h4,6-8H,3,5,9H2,1-2H3,(H2,14,15,17,18). The van der Waals surface area contributed by atoms with Crippen LogP contribution in [0.2, 0.25) is 0 Å². The van der Waals surface area contributed by atoms with Crippen LogP contribution in [0.1, 0.15) is 24.9 Å². The third-order valence-corrected chi connectivity index (χ3v) is 2.58. The minimum absolute atomic E-state index is 0.597. The molecule has 100 valence electrons. The maximum atomic E-state index is 4.48. The minimum Gasteiger partial charge on any atom is -0.373 e. The van der Waals surface area contributed by atoms with Gasteiger partial charge >= 0.3 is 0 Å². The van der Waals surface area contributed by atoms with E-state index in [-0.39, 0.29) is 0 Å². The molecule has 0 aliphatic rings. The zero-order valence-electron chi connectivity index (χ0n) is 11.2. The van der Waals surface area contributed by atoms with Gasteiger partial charge in [0.1, 0.15) is 17.5 Å². The van der Waals surface area contributed by atoms with Crippen LogP contribution in [0.5, 0.6) is 0 Å². The number of aryl methyl sites for hydroxylation is 1. The Bertz CT molecular complexity index is 514. The van der Waals surface area contributed by atoms with Crippen LogP contribution in [0.15, 0.2) is 24.4 Å². The van der Waals surface area contributed by atoms with E-state index in [0.717, 1.165) is 36.0 Å². The highest BCUT2D eigenvalue weighted by Crippen LogP contribution is 2.12. The molecule has 19 heavy (non-hydrogen) atoms. The van der Waals surface area contributed by atoms with Crippen molar-refractivity contribution in [3.63, 3.8) is 0 Å². The molecule has 0 radical (unpaired) electrons. The Morgan fingerprint density at radius 3 is 2.74 bits per heavy atom. The van der Waals surface area contributed by atoms with Crippen molar-refractivity contribution in [3.05, 3.63) is 35.9 Å². The van der Waals surface area contributed by atoms with Crippen LogP contribution < -0.4 is 10.6 Å². The number of aromatic nitrogens is 4. The highest BCUT2D eigenvalue weighted by molar-refractivity contribution is 5.47. The first-order valence-corrected chi connectivity index (χ1v) is 6.38. The monoisotopic (exact) mass is 258 g/mol. The Morgan fingerprint density at radius 1 is 1.21 bits per heavy atom. The smallest absolute Gasteiger partial charge is 0.133 e. The zero-order valence-corrected chi connectivity index (χ0v) is 11.2. The Morgan fingerprint density at radius 2 is 2.05 bits per heavy atom. The summed E-state index contributed by atoms with van der Waals surface area (Å²) in [6.45, 7) is 2.71. The van der Waals surface area contributed by atoms with Gasteiger partial charge in [-0.05, 0) is 18.6 Å². The van der Waals surface area contributed by atoms with Gasteiger partial charge in [-0.2, -0.15) is 10.2 Å². The maximum Gasteiger partial charge on any atom is 0.133 e. The molecule has 0 aromatic carbocycles. The van der Waals surface area contributed by atoms with E-state index < -0.39 is 0 Å². The molecule has 0 bridgehead atoms. The quantitative estimate of drug-likeness (QED) is 0.824. The van der Waals surface area contributed by atoms with E-state index in [1.807, 2.05) is 25.2 Å². The largest absolute Gasteiger partial charge is 0.373 e. The lowest BCUT2D eigenvalue weighted by atomic mass is 10.3. The Labute approximate surface area is 112 Å². The lowest BCUT2D eigenvalue weighted by Crippen LogP contribution is -2.07. The topological polar surface area (TPSA) is 75.6 Å². The van der Waals surface area contributed by atoms with E-state index in [0.29, 0.717) is 6.54 Å². The highest BCUT2D eigenvalue weighted by atomic mass is 15.1. The van der Waals surface area contributed by atoms with Crippen LogP contribution in [-0.4, -0.2) is 27.2 Å². The highest BCUT2D eigenvalue weighted by Gasteiger charge is 2.03. The number of nitrogens with zero attached hydrogens (tertiary/aromatic N) is 4. The summed E-state index contributed by atoms with van der Waals surface area (Å²) in [4.78, 5) is 8.88. The van der Waals surface area contributed by atoms with Crippen molar-refractivity contribution >= 4 is 11.6 Å². The van der Waals surface area contributed by atoms with Gasteiger partial charge in [0.2, 0.25) is 0 Å². The zero-order chi connectivity index (χ0) is 13.5. The van der Waals surface area contributed by atoms with Crippen molar-refractivity contribution in [1.29, 1.82) is 0 Å². The van der Waals surface area contributed by atoms with Crippen molar-refractivity contribution in [2.24, 2.45) is 0 Å². The molecule has 2 aromatic heterocycles. The van der Waals surface area contributed by atoms with Crippen molar-refractivity contribution < 1.29 is 0 Å². The Kier molecular flexibility index (Phi) is 4.60. The van der Waals surface area contributed by atoms with Crippen LogP contribution >= 0.6 is 0 Å². The molecule has 6 nitrogen and oxygen atoms in total. The van der Waals surface area contributed by atoms with E-state index in [9.17, 15) is 0 Å². The first-order chi connectivity index (χ1) is 9.31. The minimum atomic E-state index is 0.597. The molecular weight excluding hydrogens is 240 g/mol. The summed E-state index contributed by atoms with van der Waals surface area (Å²) in [5, 5.41) is 14.2. The van der Waals surface area contributed by atoms with Crippen molar-refractivity contribution in [1.82, 2.24) is 20.2 Å². The third-order valence-electron chi connectivity index (χ3n) is 2.58. The second-order valence-corrected chi connectivity index (χ2v) is 4.12. The normalized spacial score (nSPS) is 10.2. The van der Waals surface area contributed by atoms with Gasteiger partial charge in [-0.15, -0.1) is 0 Å². The summed E-state index contributed by atoms with van der Waals surface area (Å²) >= 11 is 0. The summed E-state index contributed by atoms with van der Waals surface area (Å²) in [6.07, 6.45) is 3.55. The number of rotatable bonds is 6. The van der Waals surface area contributed by atoms with Crippen LogP contribution in [0.4, 0.5) is 11.6 Å². The second kappa shape index (κ2) is 6.63. The molecule has 0 amide bonds. The summed E-state index contributed by atoms with van der Waals surface area (Å²) in [5.74, 6) is 2.46. The van der Waals surface area contributed by atoms with Crippen LogP contribution in [-0.2, 0) is 13.0 Å². The van der Waals surface area contributed by atoms with Crippen molar-refractivity contribution in [3.8, 4) is 0 Å². The predicted octanol–water partition coefficient (Wildman–Crippen LogP) is 1.87. The summed E-state index contributed by atoms with van der Waals surface area (Å²) in [5.41, 5.74) is 0.879. The molecule has 0 spiro atoms. The van der Waals surface area contributed by atoms with Crippen LogP contribution in [0.3, 0.4) is 0 Å². The van der Waals surface area contributed by atoms with E-state index in [2.05, 4.69) is 37.7 Å². The molecule has 2 rings (SSSR count). The molecule has 0 atom stereocenters. The maximum absolute atomic E-state index is 4.48. The molecular formula is C13H18N6. The molecule has 0 fully saturated rings. The summed E-state index contributed by atoms with van der Waals surface area (Å²) in [6, 6.07) is 5.67. The van der Waals surface area contributed by atoms with Gasteiger partial charge in [0.15, 0.2) is 0 Å². The fourth-order valence-corrected chi connectivity index (χ4v) is 1.66. The first-order valence-electron chi connectivity index (χ1n) is 6.38. The lowest BCUT2D eigenvalue weighted by Gasteiger charge is -2.09. The van der Waals surface area contributed by atoms with Crippen molar-refractivity contribution in [2.75, 3.05) is 17.7 Å². The van der Waals surface area contributed by atoms with Gasteiger partial charge in [0.25, 0.3) is 0 Å². The second-order valence-electron chi connectivity index (χ2n) is 4.12. The molecule has 2 N–H and O–H groups in total.